The molecule has 4 aromatic rings. The van der Waals surface area contributed by atoms with Gasteiger partial charge in [0.15, 0.2) is 5.01 Å². The molecule has 170 valence electrons. The van der Waals surface area contributed by atoms with Gasteiger partial charge in [-0.25, -0.2) is 4.98 Å². The van der Waals surface area contributed by atoms with Crippen LogP contribution >= 0.6 is 34.4 Å². The second kappa shape index (κ2) is 9.89. The van der Waals surface area contributed by atoms with Gasteiger partial charge in [0.2, 0.25) is 11.0 Å². The third-order valence-corrected chi connectivity index (χ3v) is 7.38. The van der Waals surface area contributed by atoms with Crippen molar-refractivity contribution < 1.29 is 18.0 Å². The third-order valence-electron chi connectivity index (χ3n) is 4.21. The molecule has 0 aliphatic rings. The Morgan fingerprint density at radius 1 is 1.15 bits per heavy atom. The zero-order valence-electron chi connectivity index (χ0n) is 17.0. The minimum absolute atomic E-state index is 0.182. The molecule has 6 nitrogen and oxygen atoms in total. The van der Waals surface area contributed by atoms with Crippen LogP contribution in [0, 0.1) is 0 Å². The molecule has 3 heterocycles. The molecule has 0 radical (unpaired) electrons. The smallest absolute Gasteiger partial charge is 0.330 e. The Hall–Kier alpha value is -2.96. The van der Waals surface area contributed by atoms with E-state index in [-0.39, 0.29) is 5.91 Å². The first-order chi connectivity index (χ1) is 15.8. The number of hydrogen-bond donors (Lipinski definition) is 2. The lowest BCUT2D eigenvalue weighted by Crippen LogP contribution is -2.07. The van der Waals surface area contributed by atoms with Crippen LogP contribution in [0.25, 0.3) is 9.88 Å². The van der Waals surface area contributed by atoms with Gasteiger partial charge in [-0.05, 0) is 47.3 Å². The van der Waals surface area contributed by atoms with Gasteiger partial charge in [-0.2, -0.15) is 13.2 Å². The maximum absolute atomic E-state index is 12.9. The molecular formula is C21H16F3N5OS3. The zero-order valence-corrected chi connectivity index (χ0v) is 19.5. The topological polar surface area (TPSA) is 79.8 Å². The summed E-state index contributed by atoms with van der Waals surface area (Å²) in [6.07, 6.45) is -2.77. The van der Waals surface area contributed by atoms with Crippen LogP contribution in [-0.2, 0) is 16.7 Å². The Bertz CT molecular complexity index is 1270. The normalized spacial score (nSPS) is 11.4. The summed E-state index contributed by atoms with van der Waals surface area (Å²) in [5.74, 6) is 0.978. The number of nitrogens with one attached hydrogen (secondary N) is 2. The van der Waals surface area contributed by atoms with E-state index in [0.29, 0.717) is 27.4 Å². The maximum atomic E-state index is 12.9. The molecule has 0 bridgehead atoms. The first-order valence-corrected chi connectivity index (χ1v) is 12.2. The summed E-state index contributed by atoms with van der Waals surface area (Å²) in [6, 6.07) is 10.6. The molecule has 2 N–H and O–H groups in total. The second-order valence-corrected chi connectivity index (χ2v) is 9.66. The van der Waals surface area contributed by atoms with E-state index >= 15 is 0 Å². The molecule has 1 aromatic carbocycles. The molecule has 12 heteroatoms. The van der Waals surface area contributed by atoms with Crippen LogP contribution in [0.1, 0.15) is 18.1 Å². The van der Waals surface area contributed by atoms with Gasteiger partial charge in [0.1, 0.15) is 5.82 Å². The van der Waals surface area contributed by atoms with Gasteiger partial charge in [-0.15, -0.1) is 33.3 Å². The number of benzene rings is 1. The minimum Gasteiger partial charge on any atom is -0.330 e. The molecule has 4 rings (SSSR count). The van der Waals surface area contributed by atoms with Crippen LogP contribution in [0.2, 0.25) is 0 Å². The highest BCUT2D eigenvalue weighted by Crippen LogP contribution is 2.40. The maximum Gasteiger partial charge on any atom is 0.416 e. The van der Waals surface area contributed by atoms with Gasteiger partial charge in [-0.3, -0.25) is 4.79 Å². The number of carbonyl (C=O) groups excluding carboxylic acids is 1. The molecule has 1 amide bonds. The summed E-state index contributed by atoms with van der Waals surface area (Å²) in [4.78, 5) is 17.3. The number of amides is 1. The lowest BCUT2D eigenvalue weighted by Gasteiger charge is -2.08. The quantitative estimate of drug-likeness (QED) is 0.272. The average molecular weight is 508 g/mol. The SMILES string of the molecule is CC(=O)Nc1cc(CSc2ccsc2-c2nnc(Nc3cccc(C(F)(F)F)c3)s2)ccn1. The number of thiophene rings is 1. The lowest BCUT2D eigenvalue weighted by molar-refractivity contribution is -0.137. The van der Waals surface area contributed by atoms with E-state index in [9.17, 15) is 18.0 Å². The van der Waals surface area contributed by atoms with Crippen LogP contribution < -0.4 is 10.6 Å². The van der Waals surface area contributed by atoms with Crippen molar-refractivity contribution >= 4 is 57.0 Å². The van der Waals surface area contributed by atoms with E-state index in [1.165, 1.54) is 35.7 Å². The number of carbonyl (C=O) groups is 1. The zero-order chi connectivity index (χ0) is 23.4. The number of aromatic nitrogens is 3. The second-order valence-electron chi connectivity index (χ2n) is 6.75. The number of thioether (sulfide) groups is 1. The first kappa shape index (κ1) is 23.2. The van der Waals surface area contributed by atoms with Crippen molar-refractivity contribution in [3.05, 3.63) is 65.2 Å². The van der Waals surface area contributed by atoms with Crippen molar-refractivity contribution in [1.82, 2.24) is 15.2 Å². The minimum atomic E-state index is -4.41. The highest BCUT2D eigenvalue weighted by Gasteiger charge is 2.30. The fraction of sp³-hybridized carbons (Fsp3) is 0.143. The van der Waals surface area contributed by atoms with Crippen molar-refractivity contribution in [1.29, 1.82) is 0 Å². The summed E-state index contributed by atoms with van der Waals surface area (Å²) < 4.78 is 38.8. The fourth-order valence-corrected chi connectivity index (χ4v) is 5.82. The molecule has 0 fully saturated rings. The molecule has 0 aliphatic carbocycles. The van der Waals surface area contributed by atoms with Crippen molar-refractivity contribution in [2.24, 2.45) is 0 Å². The molecule has 0 atom stereocenters. The van der Waals surface area contributed by atoms with Gasteiger partial charge in [0, 0.05) is 29.5 Å². The predicted octanol–water partition coefficient (Wildman–Crippen LogP) is 6.67. The van der Waals surface area contributed by atoms with Crippen LogP contribution in [-0.4, -0.2) is 21.1 Å². The third kappa shape index (κ3) is 6.09. The van der Waals surface area contributed by atoms with Gasteiger partial charge < -0.3 is 10.6 Å². The highest BCUT2D eigenvalue weighted by atomic mass is 32.2. The number of rotatable bonds is 7. The van der Waals surface area contributed by atoms with Gasteiger partial charge in [-0.1, -0.05) is 17.4 Å². The van der Waals surface area contributed by atoms with E-state index in [4.69, 9.17) is 0 Å². The predicted molar refractivity (Wildman–Crippen MR) is 126 cm³/mol. The first-order valence-electron chi connectivity index (χ1n) is 9.49. The molecule has 0 aliphatic heterocycles. The molecular weight excluding hydrogens is 491 g/mol. The van der Waals surface area contributed by atoms with Crippen molar-refractivity contribution in [3.8, 4) is 9.88 Å². The summed E-state index contributed by atoms with van der Waals surface area (Å²) in [7, 11) is 0. The van der Waals surface area contributed by atoms with Crippen LogP contribution in [0.5, 0.6) is 0 Å². The number of nitrogens with zero attached hydrogens (tertiary/aromatic N) is 3. The Morgan fingerprint density at radius 3 is 2.79 bits per heavy atom. The fourth-order valence-electron chi connectivity index (χ4n) is 2.80. The molecule has 33 heavy (non-hydrogen) atoms. The van der Waals surface area contributed by atoms with Gasteiger partial charge >= 0.3 is 6.18 Å². The molecule has 0 spiro atoms. The van der Waals surface area contributed by atoms with E-state index in [0.717, 1.165) is 27.5 Å². The van der Waals surface area contributed by atoms with E-state index < -0.39 is 11.7 Å². The van der Waals surface area contributed by atoms with E-state index in [1.807, 2.05) is 23.6 Å². The van der Waals surface area contributed by atoms with Crippen LogP contribution in [0.4, 0.5) is 29.8 Å². The Morgan fingerprint density at radius 2 is 2.00 bits per heavy atom. The van der Waals surface area contributed by atoms with Gasteiger partial charge in [0.25, 0.3) is 0 Å². The number of halogens is 3. The number of hydrogen-bond acceptors (Lipinski definition) is 8. The van der Waals surface area contributed by atoms with E-state index in [1.54, 1.807) is 24.0 Å². The van der Waals surface area contributed by atoms with E-state index in [2.05, 4.69) is 25.8 Å². The van der Waals surface area contributed by atoms with Crippen molar-refractivity contribution in [3.63, 3.8) is 0 Å². The standard InChI is InChI=1S/C21H16F3N5OS3/c1-12(30)26-17-9-13(5-7-25-17)11-32-16-6-8-31-18(16)19-28-29-20(33-19)27-15-4-2-3-14(10-15)21(22,23)24/h2-10H,11H2,1H3,(H,27,29)(H,25,26,30). The summed E-state index contributed by atoms with van der Waals surface area (Å²) in [5.41, 5.74) is 0.563. The summed E-state index contributed by atoms with van der Waals surface area (Å²) >= 11 is 4.40. The highest BCUT2D eigenvalue weighted by molar-refractivity contribution is 7.98. The molecule has 0 saturated heterocycles. The molecule has 0 unspecified atom stereocenters. The van der Waals surface area contributed by atoms with Crippen LogP contribution in [0.3, 0.4) is 0 Å². The number of alkyl halides is 3. The Kier molecular flexibility index (Phi) is 6.96. The largest absolute Gasteiger partial charge is 0.416 e. The van der Waals surface area contributed by atoms with Crippen LogP contribution in [0.15, 0.2) is 58.9 Å². The van der Waals surface area contributed by atoms with Crippen molar-refractivity contribution in [2.45, 2.75) is 23.7 Å². The lowest BCUT2D eigenvalue weighted by atomic mass is 10.2. The molecule has 3 aromatic heterocycles. The molecule has 0 saturated carbocycles. The Labute approximate surface area is 199 Å². The monoisotopic (exact) mass is 507 g/mol. The summed E-state index contributed by atoms with van der Waals surface area (Å²) in [5, 5.41) is 16.9. The van der Waals surface area contributed by atoms with Crippen molar-refractivity contribution in [2.75, 3.05) is 10.6 Å². The van der Waals surface area contributed by atoms with Gasteiger partial charge in [0.05, 0.1) is 10.4 Å². The number of pyridine rings is 1. The number of anilines is 3. The Balaban J connectivity index is 1.45. The average Bonchev–Trinajstić information content (AvgIpc) is 3.41. The summed E-state index contributed by atoms with van der Waals surface area (Å²) in [6.45, 7) is 1.43.